The van der Waals surface area contributed by atoms with Gasteiger partial charge < -0.3 is 15.0 Å². The maximum Gasteiger partial charge on any atom is 0.257 e. The van der Waals surface area contributed by atoms with Gasteiger partial charge in [-0.25, -0.2) is 0 Å². The second-order valence-corrected chi connectivity index (χ2v) is 6.77. The average Bonchev–Trinajstić information content (AvgIpc) is 2.95. The Morgan fingerprint density at radius 1 is 1.16 bits per heavy atom. The molecule has 1 aromatic heterocycles. The Morgan fingerprint density at radius 3 is 2.68 bits per heavy atom. The Morgan fingerprint density at radius 2 is 1.92 bits per heavy atom. The van der Waals surface area contributed by atoms with Gasteiger partial charge in [0.25, 0.3) is 5.91 Å². The van der Waals surface area contributed by atoms with Crippen LogP contribution in [0.25, 0.3) is 10.9 Å². The molecular formula is C20H23N2O2P. The second kappa shape index (κ2) is 7.71. The molecule has 0 bridgehead atoms. The molecule has 2 aromatic carbocycles. The number of carbonyl (C=O) groups is 1. The number of fused-ring (bicyclic) bond motifs is 1. The van der Waals surface area contributed by atoms with Crippen molar-refractivity contribution >= 4 is 31.4 Å². The van der Waals surface area contributed by atoms with Gasteiger partial charge in [0.1, 0.15) is 5.75 Å². The Hall–Kier alpha value is -2.32. The molecule has 0 aliphatic rings. The first-order chi connectivity index (χ1) is 12.1. The van der Waals surface area contributed by atoms with Crippen LogP contribution < -0.4 is 15.4 Å². The van der Waals surface area contributed by atoms with Crippen LogP contribution in [0, 0.1) is 13.8 Å². The van der Waals surface area contributed by atoms with Gasteiger partial charge in [0.2, 0.25) is 0 Å². The lowest BCUT2D eigenvalue weighted by Gasteiger charge is -2.08. The summed E-state index contributed by atoms with van der Waals surface area (Å²) < 4.78 is 5.46. The monoisotopic (exact) mass is 354 g/mol. The number of ether oxygens (including phenoxy) is 1. The predicted octanol–water partition coefficient (Wildman–Crippen LogP) is 3.02. The molecule has 3 rings (SSSR count). The summed E-state index contributed by atoms with van der Waals surface area (Å²) in [4.78, 5) is 15.4. The van der Waals surface area contributed by atoms with E-state index in [1.807, 2.05) is 30.3 Å². The number of benzene rings is 2. The number of para-hydroxylation sites is 1. The van der Waals surface area contributed by atoms with Gasteiger partial charge in [-0.2, -0.15) is 0 Å². The van der Waals surface area contributed by atoms with Crippen molar-refractivity contribution in [1.82, 2.24) is 10.3 Å². The van der Waals surface area contributed by atoms with E-state index in [4.69, 9.17) is 4.74 Å². The van der Waals surface area contributed by atoms with Gasteiger partial charge in [0.05, 0.1) is 5.52 Å². The van der Waals surface area contributed by atoms with Gasteiger partial charge in [0.15, 0.2) is 6.61 Å². The minimum Gasteiger partial charge on any atom is -0.484 e. The minimum absolute atomic E-state index is 0.0334. The molecule has 0 aliphatic heterocycles. The van der Waals surface area contributed by atoms with Crippen LogP contribution >= 0.6 is 9.24 Å². The average molecular weight is 354 g/mol. The Balaban J connectivity index is 1.59. The van der Waals surface area contributed by atoms with Crippen LogP contribution in [0.2, 0.25) is 0 Å². The summed E-state index contributed by atoms with van der Waals surface area (Å²) in [6.45, 7) is 4.83. The molecule has 0 radical (unpaired) electrons. The van der Waals surface area contributed by atoms with Crippen molar-refractivity contribution in [2.24, 2.45) is 0 Å². The van der Waals surface area contributed by atoms with Crippen LogP contribution in [0.15, 0.2) is 42.5 Å². The fourth-order valence-electron chi connectivity index (χ4n) is 3.05. The zero-order chi connectivity index (χ0) is 17.8. The van der Waals surface area contributed by atoms with Crippen LogP contribution in [-0.4, -0.2) is 24.0 Å². The first kappa shape index (κ1) is 17.5. The van der Waals surface area contributed by atoms with Crippen LogP contribution in [0.3, 0.4) is 0 Å². The summed E-state index contributed by atoms with van der Waals surface area (Å²) in [5, 5.41) is 5.36. The number of aromatic amines is 1. The van der Waals surface area contributed by atoms with E-state index in [1.165, 1.54) is 16.5 Å². The van der Waals surface area contributed by atoms with E-state index in [0.717, 1.165) is 22.9 Å². The first-order valence-corrected chi connectivity index (χ1v) is 8.94. The van der Waals surface area contributed by atoms with Gasteiger partial charge in [-0.15, -0.1) is 9.24 Å². The smallest absolute Gasteiger partial charge is 0.257 e. The number of rotatable bonds is 6. The van der Waals surface area contributed by atoms with E-state index in [1.54, 1.807) is 0 Å². The summed E-state index contributed by atoms with van der Waals surface area (Å²) in [7, 11) is 2.77. The number of aromatic nitrogens is 1. The maximum atomic E-state index is 12.0. The standard InChI is InChI=1S/C20H23N2O2P/c1-13-8-9-17(25)20-19(13)16(14(2)22-20)10-11-21-18(23)12-24-15-6-4-3-5-7-15/h3-9,22H,10-12,25H2,1-2H3,(H,21,23). The van der Waals surface area contributed by atoms with Crippen molar-refractivity contribution in [3.05, 3.63) is 59.3 Å². The number of carbonyl (C=O) groups excluding carboxylic acids is 1. The lowest BCUT2D eigenvalue weighted by atomic mass is 10.0. The molecule has 0 saturated carbocycles. The van der Waals surface area contributed by atoms with Gasteiger partial charge in [-0.05, 0) is 48.8 Å². The van der Waals surface area contributed by atoms with Gasteiger partial charge in [-0.3, -0.25) is 4.79 Å². The molecular weight excluding hydrogens is 331 g/mol. The van der Waals surface area contributed by atoms with Crippen LogP contribution in [0.1, 0.15) is 16.8 Å². The van der Waals surface area contributed by atoms with Gasteiger partial charge in [0, 0.05) is 17.6 Å². The van der Waals surface area contributed by atoms with E-state index in [9.17, 15) is 4.79 Å². The van der Waals surface area contributed by atoms with Crippen LogP contribution in [0.4, 0.5) is 0 Å². The number of hydrogen-bond acceptors (Lipinski definition) is 2. The molecule has 1 unspecified atom stereocenters. The third-order valence-corrected chi connectivity index (χ3v) is 4.80. The molecule has 0 aliphatic carbocycles. The zero-order valence-corrected chi connectivity index (χ0v) is 15.7. The topological polar surface area (TPSA) is 54.1 Å². The van der Waals surface area contributed by atoms with E-state index in [-0.39, 0.29) is 12.5 Å². The number of hydrogen-bond donors (Lipinski definition) is 2. The van der Waals surface area contributed by atoms with Gasteiger partial charge >= 0.3 is 0 Å². The van der Waals surface area contributed by atoms with Crippen molar-refractivity contribution in [3.63, 3.8) is 0 Å². The molecule has 1 heterocycles. The van der Waals surface area contributed by atoms with Crippen molar-refractivity contribution in [2.75, 3.05) is 13.2 Å². The Kier molecular flexibility index (Phi) is 5.40. The highest BCUT2D eigenvalue weighted by Gasteiger charge is 2.12. The zero-order valence-electron chi connectivity index (χ0n) is 14.6. The van der Waals surface area contributed by atoms with E-state index in [2.05, 4.69) is 45.5 Å². The minimum atomic E-state index is -0.107. The number of amides is 1. The van der Waals surface area contributed by atoms with E-state index in [0.29, 0.717) is 12.3 Å². The normalized spacial score (nSPS) is 10.8. The quantitative estimate of drug-likeness (QED) is 0.669. The molecule has 0 saturated heterocycles. The SMILES string of the molecule is Cc1[nH]c2c(P)ccc(C)c2c1CCNC(=O)COc1ccccc1. The highest BCUT2D eigenvalue weighted by Crippen LogP contribution is 2.25. The summed E-state index contributed by atoms with van der Waals surface area (Å²) in [5.41, 5.74) is 4.83. The molecule has 25 heavy (non-hydrogen) atoms. The van der Waals surface area contributed by atoms with Crippen molar-refractivity contribution in [2.45, 2.75) is 20.3 Å². The third kappa shape index (κ3) is 4.02. The molecule has 0 spiro atoms. The summed E-state index contributed by atoms with van der Waals surface area (Å²) in [6.07, 6.45) is 0.790. The molecule has 1 amide bonds. The highest BCUT2D eigenvalue weighted by molar-refractivity contribution is 7.28. The van der Waals surface area contributed by atoms with E-state index >= 15 is 0 Å². The molecule has 130 valence electrons. The van der Waals surface area contributed by atoms with Crippen molar-refractivity contribution in [3.8, 4) is 5.75 Å². The second-order valence-electron chi connectivity index (χ2n) is 6.15. The first-order valence-electron chi connectivity index (χ1n) is 8.37. The predicted molar refractivity (Wildman–Crippen MR) is 106 cm³/mol. The highest BCUT2D eigenvalue weighted by atomic mass is 31.0. The van der Waals surface area contributed by atoms with Crippen LogP contribution in [0.5, 0.6) is 5.75 Å². The molecule has 4 nitrogen and oxygen atoms in total. The summed E-state index contributed by atoms with van der Waals surface area (Å²) >= 11 is 0. The van der Waals surface area contributed by atoms with Crippen molar-refractivity contribution in [1.29, 1.82) is 0 Å². The summed E-state index contributed by atoms with van der Waals surface area (Å²) in [6, 6.07) is 13.6. The maximum absolute atomic E-state index is 12.0. The molecule has 0 fully saturated rings. The largest absolute Gasteiger partial charge is 0.484 e. The van der Waals surface area contributed by atoms with E-state index < -0.39 is 0 Å². The molecule has 1 atom stereocenters. The fraction of sp³-hybridized carbons (Fsp3) is 0.250. The summed E-state index contributed by atoms with van der Waals surface area (Å²) in [5.74, 6) is 0.596. The molecule has 5 heteroatoms. The fourth-order valence-corrected chi connectivity index (χ4v) is 3.37. The Bertz CT molecular complexity index is 888. The number of nitrogens with one attached hydrogen (secondary N) is 2. The number of H-pyrrole nitrogens is 1. The van der Waals surface area contributed by atoms with Crippen LogP contribution in [-0.2, 0) is 11.2 Å². The van der Waals surface area contributed by atoms with Crippen molar-refractivity contribution < 1.29 is 9.53 Å². The van der Waals surface area contributed by atoms with Gasteiger partial charge in [-0.1, -0.05) is 30.3 Å². The lowest BCUT2D eigenvalue weighted by molar-refractivity contribution is -0.123. The Labute approximate surface area is 150 Å². The number of aryl methyl sites for hydroxylation is 2. The third-order valence-electron chi connectivity index (χ3n) is 4.32. The molecule has 2 N–H and O–H groups in total. The lowest BCUT2D eigenvalue weighted by Crippen LogP contribution is -2.30. The molecule has 3 aromatic rings.